The summed E-state index contributed by atoms with van der Waals surface area (Å²) in [7, 11) is 0. The summed E-state index contributed by atoms with van der Waals surface area (Å²) in [5.41, 5.74) is 2.43. The fraction of sp³-hybridized carbons (Fsp3) is 0.294. The third-order valence-electron chi connectivity index (χ3n) is 3.02. The third-order valence-corrected chi connectivity index (χ3v) is 4.00. The van der Waals surface area contributed by atoms with Gasteiger partial charge >= 0.3 is 0 Å². The summed E-state index contributed by atoms with van der Waals surface area (Å²) in [6.07, 6.45) is 1.01. The molecule has 0 spiro atoms. The molecule has 2 aromatic carbocycles. The maximum atomic E-state index is 5.79. The van der Waals surface area contributed by atoms with Crippen LogP contribution >= 0.6 is 31.9 Å². The van der Waals surface area contributed by atoms with Gasteiger partial charge in [0.1, 0.15) is 5.75 Å². The van der Waals surface area contributed by atoms with Gasteiger partial charge in [0.15, 0.2) is 0 Å². The number of benzene rings is 2. The number of halogens is 2. The fourth-order valence-electron chi connectivity index (χ4n) is 2.03. The van der Waals surface area contributed by atoms with E-state index in [1.165, 1.54) is 11.1 Å². The molecule has 0 atom stereocenters. The highest BCUT2D eigenvalue weighted by Crippen LogP contribution is 2.23. The number of hydrogen-bond acceptors (Lipinski definition) is 2. The van der Waals surface area contributed by atoms with E-state index in [2.05, 4.69) is 68.4 Å². The summed E-state index contributed by atoms with van der Waals surface area (Å²) >= 11 is 7.02. The van der Waals surface area contributed by atoms with E-state index in [0.29, 0.717) is 0 Å². The molecule has 0 bridgehead atoms. The Balaban J connectivity index is 1.97. The van der Waals surface area contributed by atoms with Crippen LogP contribution in [0.25, 0.3) is 0 Å². The van der Waals surface area contributed by atoms with Crippen LogP contribution in [0.15, 0.2) is 51.4 Å². The molecule has 0 aliphatic heterocycles. The normalized spacial score (nSPS) is 10.6. The SMILES string of the molecule is CCCOc1ccc(Br)cc1CNCc1cccc(Br)c1. The number of ether oxygens (including phenoxy) is 1. The van der Waals surface area contributed by atoms with Crippen LogP contribution in [0.5, 0.6) is 5.75 Å². The van der Waals surface area contributed by atoms with E-state index in [1.807, 2.05) is 18.2 Å². The Kier molecular flexibility index (Phi) is 6.74. The Bertz CT molecular complexity index is 587. The summed E-state index contributed by atoms with van der Waals surface area (Å²) < 4.78 is 7.98. The highest BCUT2D eigenvalue weighted by Gasteiger charge is 2.04. The van der Waals surface area contributed by atoms with Crippen molar-refractivity contribution < 1.29 is 4.74 Å². The van der Waals surface area contributed by atoms with Gasteiger partial charge in [0, 0.05) is 27.6 Å². The van der Waals surface area contributed by atoms with E-state index in [0.717, 1.165) is 40.8 Å². The number of nitrogens with one attached hydrogen (secondary N) is 1. The van der Waals surface area contributed by atoms with Gasteiger partial charge in [-0.2, -0.15) is 0 Å². The molecule has 0 heterocycles. The monoisotopic (exact) mass is 411 g/mol. The van der Waals surface area contributed by atoms with Crippen LogP contribution in [0.3, 0.4) is 0 Å². The van der Waals surface area contributed by atoms with Crippen molar-refractivity contribution in [3.05, 3.63) is 62.5 Å². The summed E-state index contributed by atoms with van der Waals surface area (Å²) in [5.74, 6) is 0.960. The predicted molar refractivity (Wildman–Crippen MR) is 94.6 cm³/mol. The molecule has 2 nitrogen and oxygen atoms in total. The van der Waals surface area contributed by atoms with Crippen LogP contribution in [0.4, 0.5) is 0 Å². The maximum Gasteiger partial charge on any atom is 0.123 e. The molecule has 21 heavy (non-hydrogen) atoms. The van der Waals surface area contributed by atoms with Crippen LogP contribution in [0.1, 0.15) is 24.5 Å². The van der Waals surface area contributed by atoms with Crippen molar-refractivity contribution in [2.45, 2.75) is 26.4 Å². The maximum absolute atomic E-state index is 5.79. The van der Waals surface area contributed by atoms with E-state index >= 15 is 0 Å². The van der Waals surface area contributed by atoms with E-state index in [9.17, 15) is 0 Å². The van der Waals surface area contributed by atoms with E-state index in [1.54, 1.807) is 0 Å². The predicted octanol–water partition coefficient (Wildman–Crippen LogP) is 5.29. The van der Waals surface area contributed by atoms with Gasteiger partial charge in [0.25, 0.3) is 0 Å². The zero-order valence-corrected chi connectivity index (χ0v) is 15.2. The van der Waals surface area contributed by atoms with E-state index in [-0.39, 0.29) is 0 Å². The molecular formula is C17H19Br2NO. The lowest BCUT2D eigenvalue weighted by atomic mass is 10.2. The minimum absolute atomic E-state index is 0.750. The standard InChI is InChI=1S/C17H19Br2NO/c1-2-8-21-17-7-6-16(19)10-14(17)12-20-11-13-4-3-5-15(18)9-13/h3-7,9-10,20H,2,8,11-12H2,1H3. The van der Waals surface area contributed by atoms with Gasteiger partial charge in [-0.15, -0.1) is 0 Å². The lowest BCUT2D eigenvalue weighted by molar-refractivity contribution is 0.313. The first-order valence-corrected chi connectivity index (χ1v) is 8.64. The second-order valence-corrected chi connectivity index (χ2v) is 6.67. The van der Waals surface area contributed by atoms with Crippen LogP contribution in [-0.4, -0.2) is 6.61 Å². The van der Waals surface area contributed by atoms with Crippen molar-refractivity contribution in [1.29, 1.82) is 0 Å². The van der Waals surface area contributed by atoms with Gasteiger partial charge in [0.2, 0.25) is 0 Å². The van der Waals surface area contributed by atoms with Gasteiger partial charge < -0.3 is 10.1 Å². The van der Waals surface area contributed by atoms with Crippen molar-refractivity contribution in [1.82, 2.24) is 5.32 Å². The topological polar surface area (TPSA) is 21.3 Å². The minimum Gasteiger partial charge on any atom is -0.493 e. The summed E-state index contributed by atoms with van der Waals surface area (Å²) in [6.45, 7) is 4.48. The second kappa shape index (κ2) is 8.57. The van der Waals surface area contributed by atoms with Crippen LogP contribution in [-0.2, 0) is 13.1 Å². The van der Waals surface area contributed by atoms with Crippen molar-refractivity contribution in [2.24, 2.45) is 0 Å². The van der Waals surface area contributed by atoms with Crippen molar-refractivity contribution in [2.75, 3.05) is 6.61 Å². The van der Waals surface area contributed by atoms with E-state index < -0.39 is 0 Å². The largest absolute Gasteiger partial charge is 0.493 e. The summed E-state index contributed by atoms with van der Waals surface area (Å²) in [5, 5.41) is 3.47. The Morgan fingerprint density at radius 1 is 1.00 bits per heavy atom. The average Bonchev–Trinajstić information content (AvgIpc) is 2.46. The zero-order valence-electron chi connectivity index (χ0n) is 12.0. The van der Waals surface area contributed by atoms with Crippen LogP contribution in [0.2, 0.25) is 0 Å². The Hall–Kier alpha value is -0.840. The van der Waals surface area contributed by atoms with Gasteiger partial charge in [-0.3, -0.25) is 0 Å². The first-order chi connectivity index (χ1) is 10.2. The molecule has 112 valence electrons. The first-order valence-electron chi connectivity index (χ1n) is 7.05. The Morgan fingerprint density at radius 2 is 1.81 bits per heavy atom. The molecule has 0 aliphatic rings. The molecule has 4 heteroatoms. The average molecular weight is 413 g/mol. The minimum atomic E-state index is 0.750. The number of rotatable bonds is 7. The Labute approximate surface area is 143 Å². The van der Waals surface area contributed by atoms with Crippen molar-refractivity contribution in [3.8, 4) is 5.75 Å². The second-order valence-electron chi connectivity index (χ2n) is 4.83. The van der Waals surface area contributed by atoms with Crippen molar-refractivity contribution in [3.63, 3.8) is 0 Å². The molecule has 0 saturated carbocycles. The van der Waals surface area contributed by atoms with Crippen LogP contribution in [0, 0.1) is 0 Å². The molecule has 2 aromatic rings. The molecule has 0 amide bonds. The molecule has 2 rings (SSSR count). The van der Waals surface area contributed by atoms with E-state index in [4.69, 9.17) is 4.74 Å². The fourth-order valence-corrected chi connectivity index (χ4v) is 2.88. The highest BCUT2D eigenvalue weighted by molar-refractivity contribution is 9.10. The Morgan fingerprint density at radius 3 is 2.57 bits per heavy atom. The van der Waals surface area contributed by atoms with Gasteiger partial charge in [-0.1, -0.05) is 50.9 Å². The van der Waals surface area contributed by atoms with Crippen molar-refractivity contribution >= 4 is 31.9 Å². The van der Waals surface area contributed by atoms with Crippen LogP contribution < -0.4 is 10.1 Å². The highest BCUT2D eigenvalue weighted by atomic mass is 79.9. The van der Waals surface area contributed by atoms with Gasteiger partial charge in [-0.05, 0) is 42.3 Å². The quantitative estimate of drug-likeness (QED) is 0.666. The molecule has 1 N–H and O–H groups in total. The van der Waals surface area contributed by atoms with Gasteiger partial charge in [-0.25, -0.2) is 0 Å². The first kappa shape index (κ1) is 16.5. The summed E-state index contributed by atoms with van der Waals surface area (Å²) in [6, 6.07) is 14.5. The molecule has 0 fully saturated rings. The molecule has 0 saturated heterocycles. The molecule has 0 unspecified atom stereocenters. The molecule has 0 aromatic heterocycles. The third kappa shape index (κ3) is 5.46. The van der Waals surface area contributed by atoms with Gasteiger partial charge in [0.05, 0.1) is 6.61 Å². The smallest absolute Gasteiger partial charge is 0.123 e. The lowest BCUT2D eigenvalue weighted by Crippen LogP contribution is -2.13. The molecular weight excluding hydrogens is 394 g/mol. The zero-order chi connectivity index (χ0) is 15.1. The molecule has 0 radical (unpaired) electrons. The molecule has 0 aliphatic carbocycles. The summed E-state index contributed by atoms with van der Waals surface area (Å²) in [4.78, 5) is 0. The lowest BCUT2D eigenvalue weighted by Gasteiger charge is -2.12. The number of hydrogen-bond donors (Lipinski definition) is 1.